The average Bonchev–Trinajstić information content (AvgIpc) is 2.77. The van der Waals surface area contributed by atoms with Crippen LogP contribution >= 0.6 is 0 Å². The maximum atomic E-state index is 14.2. The first-order chi connectivity index (χ1) is 15.7. The summed E-state index contributed by atoms with van der Waals surface area (Å²) in [6, 6.07) is 14.4. The van der Waals surface area contributed by atoms with Gasteiger partial charge in [-0.2, -0.15) is 0 Å². The molecule has 0 radical (unpaired) electrons. The van der Waals surface area contributed by atoms with Crippen molar-refractivity contribution in [1.82, 2.24) is 10.2 Å². The van der Waals surface area contributed by atoms with Gasteiger partial charge in [0, 0.05) is 26.1 Å². The highest BCUT2D eigenvalue weighted by atomic mass is 32.2. The Morgan fingerprint density at radius 1 is 1.03 bits per heavy atom. The van der Waals surface area contributed by atoms with E-state index in [1.54, 1.807) is 6.07 Å². The molecule has 0 fully saturated rings. The van der Waals surface area contributed by atoms with E-state index in [-0.39, 0.29) is 43.4 Å². The van der Waals surface area contributed by atoms with Gasteiger partial charge in [0.15, 0.2) is 0 Å². The number of hydrogen-bond acceptors (Lipinski definition) is 4. The summed E-state index contributed by atoms with van der Waals surface area (Å²) in [5, 5.41) is 2.78. The van der Waals surface area contributed by atoms with Crippen molar-refractivity contribution in [2.24, 2.45) is 0 Å². The van der Waals surface area contributed by atoms with Crippen molar-refractivity contribution < 1.29 is 22.4 Å². The average molecular weight is 478 g/mol. The summed E-state index contributed by atoms with van der Waals surface area (Å²) < 4.78 is 39.7. The van der Waals surface area contributed by atoms with Gasteiger partial charge in [-0.3, -0.25) is 13.9 Å². The molecule has 1 N–H and O–H groups in total. The lowest BCUT2D eigenvalue weighted by atomic mass is 10.1. The number of benzene rings is 2. The topological polar surface area (TPSA) is 86.8 Å². The number of carbonyl (C=O) groups excluding carboxylic acids is 2. The van der Waals surface area contributed by atoms with Gasteiger partial charge >= 0.3 is 0 Å². The van der Waals surface area contributed by atoms with Crippen molar-refractivity contribution >= 4 is 27.5 Å². The highest BCUT2D eigenvalue weighted by molar-refractivity contribution is 7.92. The molecule has 0 spiro atoms. The Balaban J connectivity index is 2.18. The standard InChI is InChI=1S/C24H32FN3O4S/c1-4-21(24(30)26-5-2)27(18-19-12-7-6-8-13-19)23(29)16-11-17-28(33(3,31)32)22-15-10-9-14-20(22)25/h6-10,12-15,21H,4-5,11,16-18H2,1-3H3,(H,26,30)/t21-/m1/s1. The fraction of sp³-hybridized carbons (Fsp3) is 0.417. The molecular formula is C24H32FN3O4S. The molecule has 2 aromatic carbocycles. The SMILES string of the molecule is CCNC(=O)[C@@H](CC)N(Cc1ccccc1)C(=O)CCCN(c1ccccc1F)S(C)(=O)=O. The van der Waals surface area contributed by atoms with E-state index in [2.05, 4.69) is 5.32 Å². The molecule has 2 aromatic rings. The third kappa shape index (κ3) is 7.56. The maximum absolute atomic E-state index is 14.2. The van der Waals surface area contributed by atoms with Crippen molar-refractivity contribution in [2.75, 3.05) is 23.7 Å². The fourth-order valence-corrected chi connectivity index (χ4v) is 4.59. The van der Waals surface area contributed by atoms with E-state index in [9.17, 15) is 22.4 Å². The molecule has 0 aromatic heterocycles. The van der Waals surface area contributed by atoms with Crippen molar-refractivity contribution in [3.63, 3.8) is 0 Å². The van der Waals surface area contributed by atoms with Crippen molar-refractivity contribution in [2.45, 2.75) is 45.7 Å². The van der Waals surface area contributed by atoms with Crippen LogP contribution in [-0.2, 0) is 26.2 Å². The van der Waals surface area contributed by atoms with Crippen LogP contribution in [0.25, 0.3) is 0 Å². The molecule has 1 atom stereocenters. The molecule has 0 heterocycles. The molecule has 0 aliphatic rings. The van der Waals surface area contributed by atoms with Gasteiger partial charge in [-0.05, 0) is 37.5 Å². The first-order valence-corrected chi connectivity index (χ1v) is 12.9. The van der Waals surface area contributed by atoms with E-state index in [1.807, 2.05) is 44.2 Å². The second-order valence-electron chi connectivity index (χ2n) is 7.72. The van der Waals surface area contributed by atoms with E-state index in [0.29, 0.717) is 13.0 Å². The minimum absolute atomic E-state index is 0.0171. The van der Waals surface area contributed by atoms with Gasteiger partial charge in [-0.25, -0.2) is 12.8 Å². The van der Waals surface area contributed by atoms with Gasteiger partial charge in [0.25, 0.3) is 0 Å². The number of anilines is 1. The number of nitrogens with zero attached hydrogens (tertiary/aromatic N) is 2. The third-order valence-electron chi connectivity index (χ3n) is 5.21. The second-order valence-corrected chi connectivity index (χ2v) is 9.62. The van der Waals surface area contributed by atoms with Gasteiger partial charge in [-0.1, -0.05) is 49.4 Å². The van der Waals surface area contributed by atoms with Gasteiger partial charge in [0.2, 0.25) is 21.8 Å². The van der Waals surface area contributed by atoms with E-state index >= 15 is 0 Å². The smallest absolute Gasteiger partial charge is 0.242 e. The zero-order valence-electron chi connectivity index (χ0n) is 19.3. The van der Waals surface area contributed by atoms with Crippen LogP contribution in [0.4, 0.5) is 10.1 Å². The van der Waals surface area contributed by atoms with Gasteiger partial charge in [0.1, 0.15) is 11.9 Å². The third-order valence-corrected chi connectivity index (χ3v) is 6.39. The zero-order chi connectivity index (χ0) is 24.4. The molecule has 0 saturated carbocycles. The molecule has 180 valence electrons. The van der Waals surface area contributed by atoms with Gasteiger partial charge < -0.3 is 10.2 Å². The quantitative estimate of drug-likeness (QED) is 0.508. The number of rotatable bonds is 12. The highest BCUT2D eigenvalue weighted by Crippen LogP contribution is 2.22. The molecule has 0 aliphatic heterocycles. The van der Waals surface area contributed by atoms with Gasteiger partial charge in [-0.15, -0.1) is 0 Å². The summed E-state index contributed by atoms with van der Waals surface area (Å²) in [7, 11) is -3.74. The molecule has 9 heteroatoms. The largest absolute Gasteiger partial charge is 0.355 e. The molecule has 0 aliphatic carbocycles. The number of likely N-dealkylation sites (N-methyl/N-ethyl adjacent to an activating group) is 1. The Morgan fingerprint density at radius 2 is 1.67 bits per heavy atom. The summed E-state index contributed by atoms with van der Waals surface area (Å²) in [4.78, 5) is 27.3. The normalized spacial score (nSPS) is 12.1. The van der Waals surface area contributed by atoms with E-state index in [0.717, 1.165) is 16.1 Å². The molecule has 7 nitrogen and oxygen atoms in total. The van der Waals surface area contributed by atoms with Crippen molar-refractivity contribution in [3.05, 3.63) is 66.0 Å². The Kier molecular flexibility index (Phi) is 9.84. The van der Waals surface area contributed by atoms with Crippen LogP contribution in [0.2, 0.25) is 0 Å². The van der Waals surface area contributed by atoms with Crippen molar-refractivity contribution in [3.8, 4) is 0 Å². The second kappa shape index (κ2) is 12.3. The molecular weight excluding hydrogens is 445 g/mol. The highest BCUT2D eigenvalue weighted by Gasteiger charge is 2.28. The maximum Gasteiger partial charge on any atom is 0.242 e. The molecule has 2 rings (SSSR count). The van der Waals surface area contributed by atoms with Crippen LogP contribution in [0, 0.1) is 5.82 Å². The summed E-state index contributed by atoms with van der Waals surface area (Å²) in [5.41, 5.74) is 0.833. The minimum Gasteiger partial charge on any atom is -0.355 e. The number of sulfonamides is 1. The van der Waals surface area contributed by atoms with Crippen LogP contribution in [0.1, 0.15) is 38.7 Å². The number of carbonyl (C=O) groups is 2. The first kappa shape index (κ1) is 26.3. The Hall–Kier alpha value is -2.94. The Morgan fingerprint density at radius 3 is 2.24 bits per heavy atom. The Labute approximate surface area is 195 Å². The molecule has 33 heavy (non-hydrogen) atoms. The number of halogens is 1. The summed E-state index contributed by atoms with van der Waals surface area (Å²) in [5.74, 6) is -1.14. The first-order valence-electron chi connectivity index (χ1n) is 11.0. The number of para-hydroxylation sites is 1. The predicted molar refractivity (Wildman–Crippen MR) is 128 cm³/mol. The van der Waals surface area contributed by atoms with Gasteiger partial charge in [0.05, 0.1) is 11.9 Å². The lowest BCUT2D eigenvalue weighted by Gasteiger charge is -2.31. The number of hydrogen-bond donors (Lipinski definition) is 1. The van der Waals surface area contributed by atoms with Crippen LogP contribution in [0.15, 0.2) is 54.6 Å². The summed E-state index contributed by atoms with van der Waals surface area (Å²) in [6.07, 6.45) is 1.64. The number of amides is 2. The van der Waals surface area contributed by atoms with Crippen LogP contribution in [0.5, 0.6) is 0 Å². The van der Waals surface area contributed by atoms with Crippen LogP contribution in [0.3, 0.4) is 0 Å². The van der Waals surface area contributed by atoms with Crippen LogP contribution < -0.4 is 9.62 Å². The van der Waals surface area contributed by atoms with Crippen LogP contribution in [-0.4, -0.2) is 50.5 Å². The lowest BCUT2D eigenvalue weighted by Crippen LogP contribution is -2.49. The lowest BCUT2D eigenvalue weighted by molar-refractivity contribution is -0.141. The number of nitrogens with one attached hydrogen (secondary N) is 1. The predicted octanol–water partition coefficient (Wildman–Crippen LogP) is 3.32. The van der Waals surface area contributed by atoms with E-state index in [4.69, 9.17) is 0 Å². The monoisotopic (exact) mass is 477 g/mol. The Bertz CT molecular complexity index is 1030. The molecule has 0 saturated heterocycles. The van der Waals surface area contributed by atoms with E-state index in [1.165, 1.54) is 23.1 Å². The molecule has 0 bridgehead atoms. The fourth-order valence-electron chi connectivity index (χ4n) is 3.63. The van der Waals surface area contributed by atoms with E-state index < -0.39 is 21.9 Å². The zero-order valence-corrected chi connectivity index (χ0v) is 20.1. The molecule has 0 unspecified atom stereocenters. The molecule has 2 amide bonds. The minimum atomic E-state index is -3.74. The summed E-state index contributed by atoms with van der Waals surface area (Å²) >= 11 is 0. The van der Waals surface area contributed by atoms with Crippen molar-refractivity contribution in [1.29, 1.82) is 0 Å². The summed E-state index contributed by atoms with van der Waals surface area (Å²) in [6.45, 7) is 4.32.